The van der Waals surface area contributed by atoms with E-state index in [-0.39, 0.29) is 54.6 Å². The van der Waals surface area contributed by atoms with Gasteiger partial charge >= 0.3 is 6.09 Å². The first kappa shape index (κ1) is 25.7. The summed E-state index contributed by atoms with van der Waals surface area (Å²) in [5, 5.41) is 6.65. The van der Waals surface area contributed by atoms with E-state index in [2.05, 4.69) is 29.5 Å². The highest BCUT2D eigenvalue weighted by atomic mass is 127. The predicted octanol–water partition coefficient (Wildman–Crippen LogP) is 2.04. The monoisotopic (exact) mass is 497 g/mol. The van der Waals surface area contributed by atoms with Crippen LogP contribution in [0.5, 0.6) is 0 Å². The van der Waals surface area contributed by atoms with Crippen LogP contribution in [-0.4, -0.2) is 79.2 Å². The second kappa shape index (κ2) is 11.6. The molecule has 1 saturated heterocycles. The highest BCUT2D eigenvalue weighted by Crippen LogP contribution is 2.15. The van der Waals surface area contributed by atoms with Crippen LogP contribution in [0.1, 0.15) is 47.5 Å². The van der Waals surface area contributed by atoms with E-state index < -0.39 is 5.60 Å². The molecule has 1 rings (SSSR count). The molecule has 27 heavy (non-hydrogen) atoms. The number of nitrogens with one attached hydrogen (secondary N) is 2. The van der Waals surface area contributed by atoms with Crippen molar-refractivity contribution in [3.63, 3.8) is 0 Å². The van der Waals surface area contributed by atoms with Gasteiger partial charge in [0.1, 0.15) is 12.1 Å². The van der Waals surface area contributed by atoms with Crippen molar-refractivity contribution in [1.82, 2.24) is 20.4 Å². The van der Waals surface area contributed by atoms with Gasteiger partial charge in [0.2, 0.25) is 5.91 Å². The minimum Gasteiger partial charge on any atom is -0.444 e. The molecule has 9 heteroatoms. The number of guanidine groups is 1. The van der Waals surface area contributed by atoms with E-state index in [4.69, 9.17) is 4.74 Å². The molecule has 0 radical (unpaired) electrons. The first-order valence-electron chi connectivity index (χ1n) is 9.27. The van der Waals surface area contributed by atoms with Crippen LogP contribution in [0.4, 0.5) is 4.79 Å². The minimum atomic E-state index is -0.500. The molecule has 2 N–H and O–H groups in total. The van der Waals surface area contributed by atoms with Crippen LogP contribution < -0.4 is 10.6 Å². The Morgan fingerprint density at radius 3 is 2.48 bits per heavy atom. The molecule has 1 heterocycles. The Kier molecular flexibility index (Phi) is 11.0. The third-order valence-corrected chi connectivity index (χ3v) is 4.05. The second-order valence-electron chi connectivity index (χ2n) is 7.96. The SMILES string of the molecule is CCC(C)NC(=NCC(=O)N(C)C)NC1CCN(C(=O)OC(C)(C)C)C1.I. The first-order valence-corrected chi connectivity index (χ1v) is 9.27. The van der Waals surface area contributed by atoms with Gasteiger partial charge in [0.25, 0.3) is 0 Å². The van der Waals surface area contributed by atoms with E-state index in [1.165, 1.54) is 4.90 Å². The fourth-order valence-electron chi connectivity index (χ4n) is 2.32. The number of ether oxygens (including phenoxy) is 1. The van der Waals surface area contributed by atoms with E-state index in [1.54, 1.807) is 19.0 Å². The molecular formula is C18H36IN5O3. The summed E-state index contributed by atoms with van der Waals surface area (Å²) < 4.78 is 5.43. The van der Waals surface area contributed by atoms with Gasteiger partial charge in [-0.15, -0.1) is 24.0 Å². The summed E-state index contributed by atoms with van der Waals surface area (Å²) in [5.41, 5.74) is -0.500. The summed E-state index contributed by atoms with van der Waals surface area (Å²) in [7, 11) is 3.42. The van der Waals surface area contributed by atoms with Crippen molar-refractivity contribution in [3.05, 3.63) is 0 Å². The van der Waals surface area contributed by atoms with Gasteiger partial charge in [-0.1, -0.05) is 6.92 Å². The number of aliphatic imine (C=N–C) groups is 1. The number of amides is 2. The van der Waals surface area contributed by atoms with Gasteiger partial charge in [-0.2, -0.15) is 0 Å². The van der Waals surface area contributed by atoms with Crippen molar-refractivity contribution >= 4 is 41.9 Å². The van der Waals surface area contributed by atoms with Gasteiger partial charge in [-0.3, -0.25) is 4.79 Å². The van der Waals surface area contributed by atoms with Crippen LogP contribution >= 0.6 is 24.0 Å². The van der Waals surface area contributed by atoms with Gasteiger partial charge in [0, 0.05) is 39.3 Å². The molecule has 1 aliphatic heterocycles. The average Bonchev–Trinajstić information content (AvgIpc) is 2.99. The Bertz CT molecular complexity index is 520. The number of nitrogens with zero attached hydrogens (tertiary/aromatic N) is 3. The molecule has 0 aromatic rings. The predicted molar refractivity (Wildman–Crippen MR) is 119 cm³/mol. The maximum Gasteiger partial charge on any atom is 0.410 e. The van der Waals surface area contributed by atoms with E-state index in [9.17, 15) is 9.59 Å². The van der Waals surface area contributed by atoms with Crippen LogP contribution in [0.3, 0.4) is 0 Å². The third kappa shape index (κ3) is 10.0. The average molecular weight is 497 g/mol. The maximum atomic E-state index is 12.2. The van der Waals surface area contributed by atoms with Crippen LogP contribution in [0, 0.1) is 0 Å². The van der Waals surface area contributed by atoms with Crippen LogP contribution in [-0.2, 0) is 9.53 Å². The van der Waals surface area contributed by atoms with Crippen LogP contribution in [0.2, 0.25) is 0 Å². The zero-order chi connectivity index (χ0) is 19.9. The topological polar surface area (TPSA) is 86.3 Å². The highest BCUT2D eigenvalue weighted by Gasteiger charge is 2.30. The third-order valence-electron chi connectivity index (χ3n) is 4.05. The normalized spacial score (nSPS) is 18.4. The molecular weight excluding hydrogens is 461 g/mol. The Labute approximate surface area is 180 Å². The molecule has 0 saturated carbocycles. The lowest BCUT2D eigenvalue weighted by atomic mass is 10.2. The van der Waals surface area contributed by atoms with Crippen molar-refractivity contribution in [2.24, 2.45) is 4.99 Å². The van der Waals surface area contributed by atoms with Gasteiger partial charge in [0.05, 0.1) is 0 Å². The lowest BCUT2D eigenvalue weighted by Gasteiger charge is -2.25. The summed E-state index contributed by atoms with van der Waals surface area (Å²) in [4.78, 5) is 31.6. The molecule has 0 bridgehead atoms. The van der Waals surface area contributed by atoms with E-state index in [0.29, 0.717) is 19.0 Å². The Morgan fingerprint density at radius 1 is 1.33 bits per heavy atom. The molecule has 158 valence electrons. The van der Waals surface area contributed by atoms with E-state index in [1.807, 2.05) is 20.8 Å². The molecule has 0 aromatic heterocycles. The summed E-state index contributed by atoms with van der Waals surface area (Å²) >= 11 is 0. The maximum absolute atomic E-state index is 12.2. The van der Waals surface area contributed by atoms with Crippen LogP contribution in [0.25, 0.3) is 0 Å². The second-order valence-corrected chi connectivity index (χ2v) is 7.96. The summed E-state index contributed by atoms with van der Waals surface area (Å²) in [5.74, 6) is 0.544. The number of halogens is 1. The fourth-order valence-corrected chi connectivity index (χ4v) is 2.32. The molecule has 8 nitrogen and oxygen atoms in total. The zero-order valence-electron chi connectivity index (χ0n) is 17.7. The number of likely N-dealkylation sites (tertiary alicyclic amines) is 1. The number of carbonyl (C=O) groups is 2. The number of carbonyl (C=O) groups excluding carboxylic acids is 2. The van der Waals surface area contributed by atoms with Crippen LogP contribution in [0.15, 0.2) is 4.99 Å². The molecule has 1 aliphatic rings. The lowest BCUT2D eigenvalue weighted by Crippen LogP contribution is -2.48. The van der Waals surface area contributed by atoms with E-state index >= 15 is 0 Å². The molecule has 2 unspecified atom stereocenters. The molecule has 0 spiro atoms. The van der Waals surface area contributed by atoms with Crippen molar-refractivity contribution in [2.75, 3.05) is 33.7 Å². The Morgan fingerprint density at radius 2 is 1.96 bits per heavy atom. The van der Waals surface area contributed by atoms with Crippen molar-refractivity contribution in [2.45, 2.75) is 65.1 Å². The zero-order valence-corrected chi connectivity index (χ0v) is 20.0. The number of hydrogen-bond donors (Lipinski definition) is 2. The van der Waals surface area contributed by atoms with Gasteiger partial charge < -0.3 is 25.2 Å². The van der Waals surface area contributed by atoms with Crippen molar-refractivity contribution in [1.29, 1.82) is 0 Å². The number of hydrogen-bond acceptors (Lipinski definition) is 4. The minimum absolute atomic E-state index is 0. The lowest BCUT2D eigenvalue weighted by molar-refractivity contribution is -0.127. The van der Waals surface area contributed by atoms with Crippen molar-refractivity contribution in [3.8, 4) is 0 Å². The van der Waals surface area contributed by atoms with Gasteiger partial charge in [-0.25, -0.2) is 9.79 Å². The number of likely N-dealkylation sites (N-methyl/N-ethyl adjacent to an activating group) is 1. The highest BCUT2D eigenvalue weighted by molar-refractivity contribution is 14.0. The quantitative estimate of drug-likeness (QED) is 0.345. The summed E-state index contributed by atoms with van der Waals surface area (Å²) in [6.07, 6.45) is 1.46. The molecule has 2 amide bonds. The standard InChI is InChI=1S/C18H35N5O3.HI/c1-8-13(2)20-16(19-11-15(24)22(6)7)21-14-9-10-23(12-14)17(25)26-18(3,4)5;/h13-14H,8-12H2,1-7H3,(H2,19,20,21);1H. The summed E-state index contributed by atoms with van der Waals surface area (Å²) in [6.45, 7) is 11.0. The molecule has 0 aromatic carbocycles. The van der Waals surface area contributed by atoms with Crippen molar-refractivity contribution < 1.29 is 14.3 Å². The van der Waals surface area contributed by atoms with Gasteiger partial charge in [-0.05, 0) is 40.5 Å². The molecule has 2 atom stereocenters. The Balaban J connectivity index is 0.00000676. The smallest absolute Gasteiger partial charge is 0.410 e. The first-order chi connectivity index (χ1) is 12.0. The molecule has 1 fully saturated rings. The fraction of sp³-hybridized carbons (Fsp3) is 0.833. The molecule has 0 aliphatic carbocycles. The summed E-state index contributed by atoms with van der Waals surface area (Å²) in [6, 6.07) is 0.311. The Hall–Kier alpha value is -1.26. The van der Waals surface area contributed by atoms with E-state index in [0.717, 1.165) is 12.8 Å². The van der Waals surface area contributed by atoms with Gasteiger partial charge in [0.15, 0.2) is 5.96 Å². The number of rotatable bonds is 5. The largest absolute Gasteiger partial charge is 0.444 e.